The summed E-state index contributed by atoms with van der Waals surface area (Å²) < 4.78 is 178. The van der Waals surface area contributed by atoms with Crippen LogP contribution < -0.4 is 4.74 Å². The minimum absolute atomic E-state index is 0.00569. The van der Waals surface area contributed by atoms with Gasteiger partial charge < -0.3 is 9.84 Å². The molecule has 0 radical (unpaired) electrons. The minimum Gasteiger partial charge on any atom is -0.488 e. The Balaban J connectivity index is 3.37. The quantitative estimate of drug-likeness (QED) is 0.361. The molecule has 0 aliphatic carbocycles. The van der Waals surface area contributed by atoms with E-state index in [2.05, 4.69) is 0 Å². The number of benzene rings is 1. The maximum absolute atomic E-state index is 14.3. The summed E-state index contributed by atoms with van der Waals surface area (Å²) in [7, 11) is 0. The molecule has 2 unspecified atom stereocenters. The van der Waals surface area contributed by atoms with Crippen molar-refractivity contribution in [1.82, 2.24) is 0 Å². The van der Waals surface area contributed by atoms with Crippen molar-refractivity contribution in [2.45, 2.75) is 75.2 Å². The zero-order valence-corrected chi connectivity index (χ0v) is 17.7. The van der Waals surface area contributed by atoms with Gasteiger partial charge in [-0.25, -0.2) is 0 Å². The third-order valence-corrected chi connectivity index (χ3v) is 4.65. The lowest BCUT2D eigenvalue weighted by Crippen LogP contribution is -2.71. The van der Waals surface area contributed by atoms with Crippen LogP contribution in [0.4, 0.5) is 57.1 Å². The van der Waals surface area contributed by atoms with Gasteiger partial charge in [0, 0.05) is 0 Å². The van der Waals surface area contributed by atoms with Crippen molar-refractivity contribution in [3.63, 3.8) is 0 Å². The van der Waals surface area contributed by atoms with Crippen LogP contribution in [0.25, 0.3) is 0 Å². The van der Waals surface area contributed by atoms with Gasteiger partial charge in [0.25, 0.3) is 0 Å². The number of hydrogen-bond acceptors (Lipinski definition) is 2. The summed E-state index contributed by atoms with van der Waals surface area (Å²) in [6.07, 6.45) is -10.2. The van der Waals surface area contributed by atoms with Crippen molar-refractivity contribution in [2.75, 3.05) is 0 Å². The van der Waals surface area contributed by atoms with Gasteiger partial charge in [-0.1, -0.05) is 19.1 Å². The van der Waals surface area contributed by atoms with Gasteiger partial charge in [0.05, 0.1) is 12.0 Å². The molecule has 34 heavy (non-hydrogen) atoms. The lowest BCUT2D eigenvalue weighted by Gasteiger charge is -2.42. The highest BCUT2D eigenvalue weighted by Crippen LogP contribution is 2.62. The van der Waals surface area contributed by atoms with Gasteiger partial charge in [-0.05, 0) is 38.5 Å². The molecule has 0 saturated heterocycles. The fourth-order valence-electron chi connectivity index (χ4n) is 2.64. The Morgan fingerprint density at radius 3 is 1.38 bits per heavy atom. The topological polar surface area (TPSA) is 29.5 Å². The lowest BCUT2D eigenvalue weighted by atomic mass is 9.83. The second-order valence-corrected chi connectivity index (χ2v) is 8.44. The van der Waals surface area contributed by atoms with E-state index in [1.54, 1.807) is 20.8 Å². The third-order valence-electron chi connectivity index (χ3n) is 4.65. The monoisotopic (exact) mass is 526 g/mol. The van der Waals surface area contributed by atoms with Gasteiger partial charge in [0.2, 0.25) is 0 Å². The van der Waals surface area contributed by atoms with Crippen LogP contribution in [0.1, 0.15) is 39.4 Å². The Morgan fingerprint density at radius 1 is 0.647 bits per heavy atom. The average molecular weight is 526 g/mol. The van der Waals surface area contributed by atoms with E-state index in [4.69, 9.17) is 4.74 Å². The van der Waals surface area contributed by atoms with Crippen LogP contribution in [0.2, 0.25) is 0 Å². The van der Waals surface area contributed by atoms with Crippen LogP contribution >= 0.6 is 0 Å². The van der Waals surface area contributed by atoms with Crippen LogP contribution in [0.3, 0.4) is 0 Å². The standard InChI is InChI=1S/C19H19F13O2/c1-9(12(33)10-5-7-11(8-6-10)34-13(2,3)4)14(20,21)15(22,23)16(24,25)17(26,27)18(28,29)19(30,31)32/h5-9,12,33H,1-4H3. The SMILES string of the molecule is CC(C(O)c1ccc(OC(C)(C)C)cc1)C(F)(F)C(F)(F)C(F)(F)C(F)(F)C(F)(F)C(F)(F)F. The highest BCUT2D eigenvalue weighted by atomic mass is 19.4. The Hall–Kier alpha value is -1.93. The Morgan fingerprint density at radius 2 is 1.03 bits per heavy atom. The van der Waals surface area contributed by atoms with Crippen LogP contribution in [0.5, 0.6) is 5.75 Å². The first-order valence-electron chi connectivity index (χ1n) is 9.18. The molecular formula is C19H19F13O2. The molecule has 0 amide bonds. The van der Waals surface area contributed by atoms with Crippen molar-refractivity contribution in [2.24, 2.45) is 5.92 Å². The van der Waals surface area contributed by atoms with Crippen molar-refractivity contribution in [1.29, 1.82) is 0 Å². The van der Waals surface area contributed by atoms with Crippen LogP contribution in [-0.2, 0) is 0 Å². The van der Waals surface area contributed by atoms with Gasteiger partial charge in [-0.3, -0.25) is 0 Å². The van der Waals surface area contributed by atoms with Crippen molar-refractivity contribution >= 4 is 0 Å². The highest BCUT2D eigenvalue weighted by Gasteiger charge is 2.91. The zero-order chi connectivity index (χ0) is 27.3. The molecule has 198 valence electrons. The summed E-state index contributed by atoms with van der Waals surface area (Å²) in [4.78, 5) is 0. The number of alkyl halides is 13. The highest BCUT2D eigenvalue weighted by molar-refractivity contribution is 5.29. The van der Waals surface area contributed by atoms with Crippen LogP contribution in [-0.4, -0.2) is 46.5 Å². The summed E-state index contributed by atoms with van der Waals surface area (Å²) in [5, 5.41) is 9.95. The molecular weight excluding hydrogens is 507 g/mol. The first kappa shape index (κ1) is 30.1. The maximum atomic E-state index is 14.3. The zero-order valence-electron chi connectivity index (χ0n) is 17.7. The van der Waals surface area contributed by atoms with Crippen molar-refractivity contribution in [3.05, 3.63) is 29.8 Å². The van der Waals surface area contributed by atoms with Gasteiger partial charge >= 0.3 is 35.8 Å². The van der Waals surface area contributed by atoms with Crippen molar-refractivity contribution < 1.29 is 66.9 Å². The average Bonchev–Trinajstić information content (AvgIpc) is 2.64. The first-order chi connectivity index (χ1) is 14.8. The number of hydrogen-bond donors (Lipinski definition) is 1. The summed E-state index contributed by atoms with van der Waals surface area (Å²) in [5.74, 6) is -40.8. The molecule has 0 aliphatic rings. The molecule has 0 saturated carbocycles. The number of halogens is 13. The van der Waals surface area contributed by atoms with E-state index in [1.807, 2.05) is 0 Å². The van der Waals surface area contributed by atoms with E-state index in [-0.39, 0.29) is 12.7 Å². The second-order valence-electron chi connectivity index (χ2n) is 8.44. The third kappa shape index (κ3) is 4.89. The summed E-state index contributed by atoms with van der Waals surface area (Å²) in [6.45, 7) is 4.82. The molecule has 0 bridgehead atoms. The number of rotatable bonds is 8. The first-order valence-corrected chi connectivity index (χ1v) is 9.18. The molecule has 2 nitrogen and oxygen atoms in total. The van der Waals surface area contributed by atoms with Crippen molar-refractivity contribution in [3.8, 4) is 5.75 Å². The normalized spacial score (nSPS) is 16.9. The number of aliphatic hydroxyl groups excluding tert-OH is 1. The summed E-state index contributed by atoms with van der Waals surface area (Å²) >= 11 is 0. The van der Waals surface area contributed by atoms with Crippen LogP contribution in [0, 0.1) is 5.92 Å². The Kier molecular flexibility index (Phi) is 7.64. The van der Waals surface area contributed by atoms with E-state index in [0.717, 1.165) is 24.3 Å². The predicted octanol–water partition coefficient (Wildman–Crippen LogP) is 7.27. The Bertz CT molecular complexity index is 839. The van der Waals surface area contributed by atoms with E-state index in [0.29, 0.717) is 0 Å². The molecule has 0 spiro atoms. The fraction of sp³-hybridized carbons (Fsp3) is 0.684. The molecule has 1 N–H and O–H groups in total. The lowest BCUT2D eigenvalue weighted by molar-refractivity contribution is -0.444. The summed E-state index contributed by atoms with van der Waals surface area (Å²) in [6, 6.07) is 3.78. The number of aliphatic hydroxyl groups is 1. The molecule has 1 rings (SSSR count). The van der Waals surface area contributed by atoms with Gasteiger partial charge in [0.15, 0.2) is 0 Å². The minimum atomic E-state index is -7.98. The molecule has 0 fully saturated rings. The maximum Gasteiger partial charge on any atom is 0.460 e. The van der Waals surface area contributed by atoms with Gasteiger partial charge in [0.1, 0.15) is 11.4 Å². The second kappa shape index (κ2) is 8.63. The van der Waals surface area contributed by atoms with Gasteiger partial charge in [-0.2, -0.15) is 57.1 Å². The van der Waals surface area contributed by atoms with E-state index in [1.165, 1.54) is 0 Å². The predicted molar refractivity (Wildman–Crippen MR) is 91.7 cm³/mol. The smallest absolute Gasteiger partial charge is 0.460 e. The molecule has 0 aliphatic heterocycles. The van der Waals surface area contributed by atoms with Gasteiger partial charge in [-0.15, -0.1) is 0 Å². The van der Waals surface area contributed by atoms with E-state index < -0.39 is 59.0 Å². The number of ether oxygens (including phenoxy) is 1. The van der Waals surface area contributed by atoms with E-state index in [9.17, 15) is 62.2 Å². The Labute approximate surface area is 184 Å². The fourth-order valence-corrected chi connectivity index (χ4v) is 2.64. The van der Waals surface area contributed by atoms with Crippen LogP contribution in [0.15, 0.2) is 24.3 Å². The molecule has 1 aromatic rings. The molecule has 0 aromatic heterocycles. The summed E-state index contributed by atoms with van der Waals surface area (Å²) in [5.41, 5.74) is -1.38. The van der Waals surface area contributed by atoms with E-state index >= 15 is 0 Å². The molecule has 1 aromatic carbocycles. The molecule has 2 atom stereocenters. The molecule has 0 heterocycles. The largest absolute Gasteiger partial charge is 0.488 e. The molecule has 15 heteroatoms.